The summed E-state index contributed by atoms with van der Waals surface area (Å²) >= 11 is 6.02. The Bertz CT molecular complexity index is 792. The van der Waals surface area contributed by atoms with Crippen molar-refractivity contribution in [2.75, 3.05) is 6.61 Å². The van der Waals surface area contributed by atoms with Crippen molar-refractivity contribution in [3.05, 3.63) is 26.6 Å². The third-order valence-electron chi connectivity index (χ3n) is 3.02. The first-order valence-electron chi connectivity index (χ1n) is 6.32. The zero-order valence-electron chi connectivity index (χ0n) is 11.9. The highest BCUT2D eigenvalue weighted by molar-refractivity contribution is 7.80. The normalized spacial score (nSPS) is 10.8. The lowest BCUT2D eigenvalue weighted by Crippen LogP contribution is -2.29. The first-order chi connectivity index (χ1) is 9.86. The minimum atomic E-state index is -0.434. The standard InChI is InChI=1S/C13H15N3O3S2/c1-4-19-13(18)10-6(2)9-11(21-10)15-7(3)16(12(9)17)5-8(14)20/h4-5H2,1-3H3,(H2,14,20). The van der Waals surface area contributed by atoms with Gasteiger partial charge in [0.25, 0.3) is 5.56 Å². The van der Waals surface area contributed by atoms with Crippen LogP contribution in [0.3, 0.4) is 0 Å². The van der Waals surface area contributed by atoms with Gasteiger partial charge in [0, 0.05) is 0 Å². The van der Waals surface area contributed by atoms with Crippen LogP contribution in [-0.4, -0.2) is 27.1 Å². The molecule has 6 nitrogen and oxygen atoms in total. The van der Waals surface area contributed by atoms with Gasteiger partial charge in [0.05, 0.1) is 23.5 Å². The maximum atomic E-state index is 12.6. The van der Waals surface area contributed by atoms with E-state index in [0.29, 0.717) is 26.5 Å². The molecule has 2 rings (SSSR count). The molecule has 112 valence electrons. The third kappa shape index (κ3) is 2.81. The van der Waals surface area contributed by atoms with Gasteiger partial charge in [0.2, 0.25) is 0 Å². The molecule has 2 heterocycles. The van der Waals surface area contributed by atoms with Crippen LogP contribution < -0.4 is 11.3 Å². The predicted octanol–water partition coefficient (Wildman–Crippen LogP) is 1.54. The molecule has 0 fully saturated rings. The largest absolute Gasteiger partial charge is 0.462 e. The van der Waals surface area contributed by atoms with E-state index in [1.165, 1.54) is 4.57 Å². The van der Waals surface area contributed by atoms with E-state index < -0.39 is 5.97 Å². The fourth-order valence-corrected chi connectivity index (χ4v) is 3.29. The Morgan fingerprint density at radius 2 is 2.14 bits per heavy atom. The van der Waals surface area contributed by atoms with E-state index in [-0.39, 0.29) is 23.7 Å². The summed E-state index contributed by atoms with van der Waals surface area (Å²) in [6.45, 7) is 5.57. The Morgan fingerprint density at radius 3 is 2.71 bits per heavy atom. The molecule has 0 atom stereocenters. The van der Waals surface area contributed by atoms with Crippen molar-refractivity contribution in [3.8, 4) is 0 Å². The first-order valence-corrected chi connectivity index (χ1v) is 7.55. The van der Waals surface area contributed by atoms with Crippen LogP contribution in [0.15, 0.2) is 4.79 Å². The summed E-state index contributed by atoms with van der Waals surface area (Å²) in [5.41, 5.74) is 5.85. The average Bonchev–Trinajstić information content (AvgIpc) is 2.71. The summed E-state index contributed by atoms with van der Waals surface area (Å²) in [4.78, 5) is 30.0. The van der Waals surface area contributed by atoms with Gasteiger partial charge in [-0.25, -0.2) is 9.78 Å². The fourth-order valence-electron chi connectivity index (χ4n) is 2.05. The Kier molecular flexibility index (Phi) is 4.38. The molecule has 0 aliphatic rings. The van der Waals surface area contributed by atoms with Crippen molar-refractivity contribution in [2.45, 2.75) is 27.3 Å². The van der Waals surface area contributed by atoms with Crippen LogP contribution in [0.2, 0.25) is 0 Å². The quantitative estimate of drug-likeness (QED) is 0.678. The maximum Gasteiger partial charge on any atom is 0.348 e. The van der Waals surface area contributed by atoms with Gasteiger partial charge in [-0.1, -0.05) is 12.2 Å². The van der Waals surface area contributed by atoms with E-state index in [2.05, 4.69) is 4.98 Å². The van der Waals surface area contributed by atoms with E-state index in [1.54, 1.807) is 20.8 Å². The molecule has 0 saturated carbocycles. The number of nitrogens with two attached hydrogens (primary N) is 1. The lowest BCUT2D eigenvalue weighted by atomic mass is 10.2. The number of rotatable bonds is 4. The van der Waals surface area contributed by atoms with E-state index in [1.807, 2.05) is 0 Å². The van der Waals surface area contributed by atoms with E-state index in [0.717, 1.165) is 11.3 Å². The van der Waals surface area contributed by atoms with Crippen molar-refractivity contribution in [3.63, 3.8) is 0 Å². The number of hydrogen-bond acceptors (Lipinski definition) is 6. The molecule has 2 aromatic rings. The van der Waals surface area contributed by atoms with Crippen molar-refractivity contribution in [2.24, 2.45) is 5.73 Å². The van der Waals surface area contributed by atoms with Gasteiger partial charge in [-0.15, -0.1) is 11.3 Å². The molecule has 0 spiro atoms. The Balaban J connectivity index is 2.70. The molecule has 2 N–H and O–H groups in total. The van der Waals surface area contributed by atoms with Gasteiger partial charge < -0.3 is 10.5 Å². The van der Waals surface area contributed by atoms with Crippen LogP contribution in [0.5, 0.6) is 0 Å². The highest BCUT2D eigenvalue weighted by Crippen LogP contribution is 2.27. The highest BCUT2D eigenvalue weighted by atomic mass is 32.1. The van der Waals surface area contributed by atoms with Crippen molar-refractivity contribution < 1.29 is 9.53 Å². The number of fused-ring (bicyclic) bond motifs is 1. The molecule has 0 aliphatic carbocycles. The Hall–Kier alpha value is -1.80. The lowest BCUT2D eigenvalue weighted by molar-refractivity contribution is 0.0531. The van der Waals surface area contributed by atoms with Crippen LogP contribution in [-0.2, 0) is 11.3 Å². The van der Waals surface area contributed by atoms with Gasteiger partial charge >= 0.3 is 5.97 Å². The molecule has 0 aromatic carbocycles. The van der Waals surface area contributed by atoms with Gasteiger partial charge in [-0.3, -0.25) is 9.36 Å². The van der Waals surface area contributed by atoms with Crippen LogP contribution in [0, 0.1) is 13.8 Å². The monoisotopic (exact) mass is 325 g/mol. The van der Waals surface area contributed by atoms with Crippen LogP contribution in [0.4, 0.5) is 0 Å². The summed E-state index contributed by atoms with van der Waals surface area (Å²) in [6, 6.07) is 0. The molecule has 0 amide bonds. The molecule has 0 aliphatic heterocycles. The zero-order chi connectivity index (χ0) is 15.7. The molecule has 0 unspecified atom stereocenters. The van der Waals surface area contributed by atoms with E-state index in [9.17, 15) is 9.59 Å². The number of esters is 1. The number of ether oxygens (including phenoxy) is 1. The minimum Gasteiger partial charge on any atom is -0.462 e. The summed E-state index contributed by atoms with van der Waals surface area (Å²) in [5.74, 6) is 0.0768. The van der Waals surface area contributed by atoms with Gasteiger partial charge in [0.1, 0.15) is 15.5 Å². The maximum absolute atomic E-state index is 12.6. The van der Waals surface area contributed by atoms with Gasteiger partial charge in [0.15, 0.2) is 0 Å². The SMILES string of the molecule is CCOC(=O)c1sc2nc(C)n(CC(N)=S)c(=O)c2c1C. The molecular formula is C13H15N3O3S2. The third-order valence-corrected chi connectivity index (χ3v) is 4.31. The van der Waals surface area contributed by atoms with Gasteiger partial charge in [-0.2, -0.15) is 0 Å². The van der Waals surface area contributed by atoms with E-state index >= 15 is 0 Å². The number of carbonyl (C=O) groups is 1. The molecule has 21 heavy (non-hydrogen) atoms. The van der Waals surface area contributed by atoms with Crippen LogP contribution in [0.1, 0.15) is 28.0 Å². The summed E-state index contributed by atoms with van der Waals surface area (Å²) < 4.78 is 6.41. The first kappa shape index (κ1) is 15.6. The summed E-state index contributed by atoms with van der Waals surface area (Å²) in [7, 11) is 0. The predicted molar refractivity (Wildman–Crippen MR) is 86.1 cm³/mol. The molecule has 0 bridgehead atoms. The second-order valence-electron chi connectivity index (χ2n) is 4.47. The Morgan fingerprint density at radius 1 is 1.48 bits per heavy atom. The highest BCUT2D eigenvalue weighted by Gasteiger charge is 2.21. The number of thiophene rings is 1. The van der Waals surface area contributed by atoms with Gasteiger partial charge in [-0.05, 0) is 26.3 Å². The minimum absolute atomic E-state index is 0.132. The number of aryl methyl sites for hydroxylation is 2. The van der Waals surface area contributed by atoms with Crippen LogP contribution in [0.25, 0.3) is 10.2 Å². The number of aromatic nitrogens is 2. The molecule has 0 radical (unpaired) electrons. The zero-order valence-corrected chi connectivity index (χ0v) is 13.6. The molecule has 0 saturated heterocycles. The lowest BCUT2D eigenvalue weighted by Gasteiger charge is -2.08. The second-order valence-corrected chi connectivity index (χ2v) is 6.00. The average molecular weight is 325 g/mol. The topological polar surface area (TPSA) is 87.2 Å². The molecule has 8 heteroatoms. The Labute approximate surface area is 130 Å². The number of hydrogen-bond donors (Lipinski definition) is 1. The number of nitrogens with zero attached hydrogens (tertiary/aromatic N) is 2. The van der Waals surface area contributed by atoms with Crippen molar-refractivity contribution in [1.82, 2.24) is 9.55 Å². The fraction of sp³-hybridized carbons (Fsp3) is 0.385. The summed E-state index contributed by atoms with van der Waals surface area (Å²) in [5, 5.41) is 0.421. The smallest absolute Gasteiger partial charge is 0.348 e. The van der Waals surface area contributed by atoms with Crippen molar-refractivity contribution in [1.29, 1.82) is 0 Å². The van der Waals surface area contributed by atoms with E-state index in [4.69, 9.17) is 22.7 Å². The van der Waals surface area contributed by atoms with Crippen LogP contribution >= 0.6 is 23.6 Å². The number of carbonyl (C=O) groups excluding carboxylic acids is 1. The summed E-state index contributed by atoms with van der Waals surface area (Å²) in [6.07, 6.45) is 0. The molecule has 2 aromatic heterocycles. The second kappa shape index (κ2) is 5.90. The number of thiocarbonyl (C=S) groups is 1. The van der Waals surface area contributed by atoms with Crippen molar-refractivity contribution >= 4 is 44.7 Å². The molecular weight excluding hydrogens is 310 g/mol.